The molecule has 0 aromatic heterocycles. The van der Waals surface area contributed by atoms with E-state index in [1.165, 1.54) is 0 Å². The van der Waals surface area contributed by atoms with Crippen molar-refractivity contribution in [2.24, 2.45) is 0 Å². The summed E-state index contributed by atoms with van der Waals surface area (Å²) in [4.78, 5) is 13.4. The van der Waals surface area contributed by atoms with Crippen molar-refractivity contribution in [2.45, 2.75) is 41.2 Å². The minimum absolute atomic E-state index is 0.0692. The van der Waals surface area contributed by atoms with Crippen LogP contribution in [-0.4, -0.2) is 24.9 Å². The van der Waals surface area contributed by atoms with Gasteiger partial charge in [-0.1, -0.05) is 65.8 Å². The summed E-state index contributed by atoms with van der Waals surface area (Å²) in [6.07, 6.45) is 1.34. The highest BCUT2D eigenvalue weighted by Crippen LogP contribution is 2.33. The molecule has 1 unspecified atom stereocenters. The summed E-state index contributed by atoms with van der Waals surface area (Å²) in [6.45, 7) is -0.0507. The number of cyclic esters (lactones) is 1. The van der Waals surface area contributed by atoms with Crippen LogP contribution in [0.15, 0.2) is 82.6 Å². The van der Waals surface area contributed by atoms with Gasteiger partial charge in [0.1, 0.15) is 31.2 Å². The van der Waals surface area contributed by atoms with Gasteiger partial charge in [-0.25, -0.2) is 9.18 Å². The summed E-state index contributed by atoms with van der Waals surface area (Å²) in [7, 11) is 0. The Morgan fingerprint density at radius 1 is 1.06 bits per heavy atom. The van der Waals surface area contributed by atoms with Gasteiger partial charge in [0.2, 0.25) is 0 Å². The molecule has 4 rings (SSSR count). The zero-order valence-electron chi connectivity index (χ0n) is 18.1. The fraction of sp³-hybridized carbons (Fsp3) is 0.269. The first-order valence-corrected chi connectivity index (χ1v) is 12.0. The van der Waals surface area contributed by atoms with Crippen molar-refractivity contribution in [1.82, 2.24) is 5.32 Å². The lowest BCUT2D eigenvalue weighted by atomic mass is 9.94. The molecule has 4 nitrogen and oxygen atoms in total. The van der Waals surface area contributed by atoms with E-state index < -0.39 is 18.3 Å². The number of ether oxygens (including phenoxy) is 2. The zero-order chi connectivity index (χ0) is 23.1. The molecular formula is C26H25ClFNO3S. The van der Waals surface area contributed by atoms with Crippen LogP contribution in [0.25, 0.3) is 0 Å². The molecule has 172 valence electrons. The van der Waals surface area contributed by atoms with Gasteiger partial charge in [-0.15, -0.1) is 0 Å². The molecule has 7 heteroatoms. The average molecular weight is 486 g/mol. The maximum Gasteiger partial charge on any atom is 0.407 e. The predicted molar refractivity (Wildman–Crippen MR) is 129 cm³/mol. The molecule has 0 bridgehead atoms. The summed E-state index contributed by atoms with van der Waals surface area (Å²) < 4.78 is 24.2. The summed E-state index contributed by atoms with van der Waals surface area (Å²) in [5, 5.41) is 3.27. The van der Waals surface area contributed by atoms with Crippen LogP contribution in [0.5, 0.6) is 5.75 Å². The van der Waals surface area contributed by atoms with E-state index in [0.29, 0.717) is 30.9 Å². The Kier molecular flexibility index (Phi) is 7.78. The second kappa shape index (κ2) is 10.9. The van der Waals surface area contributed by atoms with E-state index in [4.69, 9.17) is 21.1 Å². The van der Waals surface area contributed by atoms with Crippen molar-refractivity contribution >= 4 is 29.5 Å². The largest absolute Gasteiger partial charge is 0.489 e. The molecule has 0 radical (unpaired) electrons. The highest BCUT2D eigenvalue weighted by Gasteiger charge is 2.39. The Labute approximate surface area is 202 Å². The Bertz CT molecular complexity index is 1100. The minimum Gasteiger partial charge on any atom is -0.489 e. The molecule has 1 atom stereocenters. The van der Waals surface area contributed by atoms with Crippen molar-refractivity contribution in [2.75, 3.05) is 13.3 Å². The minimum atomic E-state index is -0.910. The van der Waals surface area contributed by atoms with Crippen molar-refractivity contribution in [3.63, 3.8) is 0 Å². The van der Waals surface area contributed by atoms with Gasteiger partial charge in [0, 0.05) is 14.8 Å². The molecule has 1 amide bonds. The zero-order valence-corrected chi connectivity index (χ0v) is 19.6. The number of carbonyl (C=O) groups excluding carboxylic acids is 1. The standard InChI is InChI=1S/C26H25ClFNO3S/c27-24-15-23(12-11-20(24)8-5-13-26(17-28)18-32-25(30)29-26)33-22-10-4-9-21(14-22)31-16-19-6-2-1-3-7-19/h1-4,6-7,9-12,14-15H,5,8,13,16-18H2,(H,29,30). The van der Waals surface area contributed by atoms with Crippen molar-refractivity contribution in [3.8, 4) is 5.75 Å². The lowest BCUT2D eigenvalue weighted by molar-refractivity contribution is 0.165. The Hall–Kier alpha value is -2.70. The van der Waals surface area contributed by atoms with E-state index in [1.54, 1.807) is 11.8 Å². The Balaban J connectivity index is 1.32. The van der Waals surface area contributed by atoms with E-state index in [9.17, 15) is 9.18 Å². The molecule has 1 fully saturated rings. The first-order chi connectivity index (χ1) is 16.0. The monoisotopic (exact) mass is 485 g/mol. The van der Waals surface area contributed by atoms with Crippen LogP contribution in [-0.2, 0) is 17.8 Å². The molecular weight excluding hydrogens is 461 g/mol. The quantitative estimate of drug-likeness (QED) is 0.341. The van der Waals surface area contributed by atoms with E-state index >= 15 is 0 Å². The third kappa shape index (κ3) is 6.42. The number of nitrogens with one attached hydrogen (secondary N) is 1. The maximum atomic E-state index is 13.4. The molecule has 1 N–H and O–H groups in total. The average Bonchev–Trinajstić information content (AvgIpc) is 3.21. The second-order valence-corrected chi connectivity index (χ2v) is 9.63. The number of alkyl carbamates (subject to hydrolysis) is 1. The van der Waals surface area contributed by atoms with Crippen molar-refractivity contribution in [3.05, 3.63) is 88.9 Å². The molecule has 1 aliphatic rings. The first-order valence-electron chi connectivity index (χ1n) is 10.8. The van der Waals surface area contributed by atoms with Gasteiger partial charge in [-0.05, 0) is 60.7 Å². The lowest BCUT2D eigenvalue weighted by Gasteiger charge is -2.22. The number of benzene rings is 3. The third-order valence-corrected chi connectivity index (χ3v) is 6.85. The van der Waals surface area contributed by atoms with Gasteiger partial charge in [0.15, 0.2) is 0 Å². The topological polar surface area (TPSA) is 47.6 Å². The van der Waals surface area contributed by atoms with Crippen LogP contribution in [0.2, 0.25) is 5.02 Å². The summed E-state index contributed by atoms with van der Waals surface area (Å²) >= 11 is 8.14. The van der Waals surface area contributed by atoms with Gasteiger partial charge in [-0.2, -0.15) is 0 Å². The van der Waals surface area contributed by atoms with Crippen LogP contribution in [0, 0.1) is 0 Å². The number of halogens is 2. The number of aryl methyl sites for hydroxylation is 1. The van der Waals surface area contributed by atoms with Crippen LogP contribution >= 0.6 is 23.4 Å². The maximum absolute atomic E-state index is 13.4. The molecule has 3 aromatic carbocycles. The van der Waals surface area contributed by atoms with E-state index in [-0.39, 0.29) is 6.61 Å². The molecule has 0 spiro atoms. The third-order valence-electron chi connectivity index (χ3n) is 5.52. The summed E-state index contributed by atoms with van der Waals surface area (Å²) in [5.74, 6) is 0.816. The number of carbonyl (C=O) groups is 1. The van der Waals surface area contributed by atoms with Gasteiger partial charge in [0.05, 0.1) is 0 Å². The fourth-order valence-electron chi connectivity index (χ4n) is 3.68. The number of amides is 1. The molecule has 3 aromatic rings. The summed E-state index contributed by atoms with van der Waals surface area (Å²) in [5.41, 5.74) is 1.21. The normalized spacial score (nSPS) is 17.5. The van der Waals surface area contributed by atoms with E-state index in [2.05, 4.69) is 5.32 Å². The molecule has 1 aliphatic heterocycles. The number of rotatable bonds is 10. The van der Waals surface area contributed by atoms with Gasteiger partial charge in [-0.3, -0.25) is 0 Å². The van der Waals surface area contributed by atoms with Gasteiger partial charge in [0.25, 0.3) is 0 Å². The summed E-state index contributed by atoms with van der Waals surface area (Å²) in [6, 6.07) is 24.0. The number of hydrogen-bond donors (Lipinski definition) is 1. The highest BCUT2D eigenvalue weighted by molar-refractivity contribution is 7.99. The van der Waals surface area contributed by atoms with E-state index in [1.807, 2.05) is 72.8 Å². The lowest BCUT2D eigenvalue weighted by Crippen LogP contribution is -2.45. The molecule has 1 saturated heterocycles. The van der Waals surface area contributed by atoms with Gasteiger partial charge < -0.3 is 14.8 Å². The van der Waals surface area contributed by atoms with Crippen molar-refractivity contribution < 1.29 is 18.7 Å². The van der Waals surface area contributed by atoms with Crippen LogP contribution < -0.4 is 10.1 Å². The first kappa shape index (κ1) is 23.5. The molecule has 0 saturated carbocycles. The van der Waals surface area contributed by atoms with Crippen LogP contribution in [0.3, 0.4) is 0 Å². The fourth-order valence-corrected chi connectivity index (χ4v) is 4.93. The van der Waals surface area contributed by atoms with Crippen LogP contribution in [0.1, 0.15) is 24.0 Å². The predicted octanol–water partition coefficient (Wildman–Crippen LogP) is 6.84. The Morgan fingerprint density at radius 3 is 2.61 bits per heavy atom. The SMILES string of the molecule is O=C1NC(CF)(CCCc2ccc(Sc3cccc(OCc4ccccc4)c3)cc2Cl)CO1. The second-order valence-electron chi connectivity index (χ2n) is 8.07. The highest BCUT2D eigenvalue weighted by atomic mass is 35.5. The molecule has 33 heavy (non-hydrogen) atoms. The van der Waals surface area contributed by atoms with Gasteiger partial charge >= 0.3 is 6.09 Å². The molecule has 0 aliphatic carbocycles. The van der Waals surface area contributed by atoms with Crippen LogP contribution in [0.4, 0.5) is 9.18 Å². The Morgan fingerprint density at radius 2 is 1.88 bits per heavy atom. The number of alkyl halides is 1. The smallest absolute Gasteiger partial charge is 0.407 e. The van der Waals surface area contributed by atoms with Crippen molar-refractivity contribution in [1.29, 1.82) is 0 Å². The van der Waals surface area contributed by atoms with E-state index in [0.717, 1.165) is 26.7 Å². The molecule has 1 heterocycles. The number of hydrogen-bond acceptors (Lipinski definition) is 4.